The first-order chi connectivity index (χ1) is 14.5. The van der Waals surface area contributed by atoms with Crippen molar-refractivity contribution in [2.45, 2.75) is 22.8 Å². The molecular formula is C18H18ClN3O7S2. The van der Waals surface area contributed by atoms with Gasteiger partial charge in [-0.25, -0.2) is 8.42 Å². The highest BCUT2D eigenvalue weighted by molar-refractivity contribution is 7.98. The van der Waals surface area contributed by atoms with Crippen LogP contribution in [-0.2, 0) is 24.3 Å². The van der Waals surface area contributed by atoms with Gasteiger partial charge in [-0.05, 0) is 37.4 Å². The van der Waals surface area contributed by atoms with Crippen molar-refractivity contribution in [2.75, 3.05) is 18.1 Å². The lowest BCUT2D eigenvalue weighted by atomic mass is 10.3. The van der Waals surface area contributed by atoms with Gasteiger partial charge in [-0.2, -0.15) is 4.72 Å². The summed E-state index contributed by atoms with van der Waals surface area (Å²) in [7, 11) is -4.23. The zero-order valence-corrected chi connectivity index (χ0v) is 18.7. The van der Waals surface area contributed by atoms with E-state index in [1.165, 1.54) is 19.1 Å². The molecule has 0 aliphatic carbocycles. The van der Waals surface area contributed by atoms with E-state index in [9.17, 15) is 28.1 Å². The Morgan fingerprint density at radius 2 is 1.94 bits per heavy atom. The highest BCUT2D eigenvalue weighted by atomic mass is 35.5. The number of nitrogens with one attached hydrogen (secondary N) is 2. The van der Waals surface area contributed by atoms with Crippen molar-refractivity contribution in [1.82, 2.24) is 4.72 Å². The Morgan fingerprint density at radius 3 is 2.55 bits per heavy atom. The number of para-hydroxylation sites is 1. The number of thioether (sulfide) groups is 1. The summed E-state index contributed by atoms with van der Waals surface area (Å²) in [6.45, 7) is 0.535. The molecule has 166 valence electrons. The van der Waals surface area contributed by atoms with Gasteiger partial charge in [-0.3, -0.25) is 19.7 Å². The molecule has 2 N–H and O–H groups in total. The van der Waals surface area contributed by atoms with Gasteiger partial charge in [0, 0.05) is 6.07 Å². The Balaban J connectivity index is 1.98. The fraction of sp³-hybridized carbons (Fsp3) is 0.222. The number of esters is 1. The lowest BCUT2D eigenvalue weighted by Crippen LogP contribution is -2.35. The molecule has 1 amide bonds. The second kappa shape index (κ2) is 10.6. The second-order valence-corrected chi connectivity index (χ2v) is 9.04. The standard InChI is InChI=1S/C18H18ClN3O7S2/c1-11(18(24)21-14-6-4-3-5-13(14)19)29-17(23)10-20-31(27,28)12-7-8-16(30-2)15(9-12)22(25)26/h3-9,11,20H,10H2,1-2H3,(H,21,24). The van der Waals surface area contributed by atoms with Crippen LogP contribution in [0.3, 0.4) is 0 Å². The number of carbonyl (C=O) groups is 2. The van der Waals surface area contributed by atoms with Gasteiger partial charge in [-0.1, -0.05) is 23.7 Å². The number of amides is 1. The van der Waals surface area contributed by atoms with Crippen molar-refractivity contribution in [1.29, 1.82) is 0 Å². The summed E-state index contributed by atoms with van der Waals surface area (Å²) in [5.74, 6) is -1.67. The summed E-state index contributed by atoms with van der Waals surface area (Å²) >= 11 is 7.04. The van der Waals surface area contributed by atoms with Crippen molar-refractivity contribution in [3.05, 3.63) is 57.6 Å². The SMILES string of the molecule is CSc1ccc(S(=O)(=O)NCC(=O)OC(C)C(=O)Nc2ccccc2Cl)cc1[N+](=O)[O-]. The van der Waals surface area contributed by atoms with E-state index in [1.54, 1.807) is 30.5 Å². The fourth-order valence-corrected chi connectivity index (χ4v) is 4.02. The van der Waals surface area contributed by atoms with Crippen LogP contribution < -0.4 is 10.0 Å². The normalized spacial score (nSPS) is 12.1. The highest BCUT2D eigenvalue weighted by Gasteiger charge is 2.23. The Morgan fingerprint density at radius 1 is 1.26 bits per heavy atom. The Kier molecular flexibility index (Phi) is 8.39. The van der Waals surface area contributed by atoms with Crippen LogP contribution in [0.2, 0.25) is 5.02 Å². The van der Waals surface area contributed by atoms with E-state index in [1.807, 2.05) is 4.72 Å². The number of hydrogen-bond donors (Lipinski definition) is 2. The van der Waals surface area contributed by atoms with Crippen LogP contribution in [0.5, 0.6) is 0 Å². The third-order valence-corrected chi connectivity index (χ3v) is 6.39. The largest absolute Gasteiger partial charge is 0.452 e. The van der Waals surface area contributed by atoms with Crippen LogP contribution in [-0.4, -0.2) is 44.1 Å². The van der Waals surface area contributed by atoms with Crippen LogP contribution in [0.25, 0.3) is 0 Å². The monoisotopic (exact) mass is 487 g/mol. The molecule has 0 aromatic heterocycles. The van der Waals surface area contributed by atoms with Gasteiger partial charge >= 0.3 is 5.97 Å². The summed E-state index contributed by atoms with van der Waals surface area (Å²) in [5, 5.41) is 13.9. The van der Waals surface area contributed by atoms with Crippen molar-refractivity contribution >= 4 is 56.6 Å². The quantitative estimate of drug-likeness (QED) is 0.238. The van der Waals surface area contributed by atoms with E-state index in [0.717, 1.165) is 17.8 Å². The summed E-state index contributed by atoms with van der Waals surface area (Å²) in [6, 6.07) is 9.85. The van der Waals surface area contributed by atoms with E-state index >= 15 is 0 Å². The van der Waals surface area contributed by atoms with Gasteiger partial charge in [0.05, 0.1) is 25.4 Å². The molecule has 0 aliphatic heterocycles. The van der Waals surface area contributed by atoms with E-state index < -0.39 is 39.5 Å². The molecule has 0 aliphatic rings. The smallest absolute Gasteiger partial charge is 0.321 e. The van der Waals surface area contributed by atoms with Crippen LogP contribution in [0.4, 0.5) is 11.4 Å². The van der Waals surface area contributed by atoms with E-state index in [2.05, 4.69) is 5.32 Å². The van der Waals surface area contributed by atoms with Crippen LogP contribution in [0.15, 0.2) is 52.3 Å². The number of anilines is 1. The van der Waals surface area contributed by atoms with Gasteiger partial charge in [0.2, 0.25) is 10.0 Å². The lowest BCUT2D eigenvalue weighted by molar-refractivity contribution is -0.388. The number of hydrogen-bond acceptors (Lipinski definition) is 8. The van der Waals surface area contributed by atoms with Gasteiger partial charge in [-0.15, -0.1) is 11.8 Å². The summed E-state index contributed by atoms with van der Waals surface area (Å²) in [4.78, 5) is 34.4. The van der Waals surface area contributed by atoms with Crippen LogP contribution in [0, 0.1) is 10.1 Å². The number of nitro groups is 1. The first-order valence-electron chi connectivity index (χ1n) is 8.62. The van der Waals surface area contributed by atoms with E-state index in [0.29, 0.717) is 15.6 Å². The molecule has 2 aromatic carbocycles. The maximum atomic E-state index is 12.4. The van der Waals surface area contributed by atoms with E-state index in [4.69, 9.17) is 16.3 Å². The molecule has 1 unspecified atom stereocenters. The minimum Gasteiger partial charge on any atom is -0.452 e. The number of carbonyl (C=O) groups excluding carboxylic acids is 2. The molecule has 2 rings (SSSR count). The molecule has 0 saturated carbocycles. The molecule has 1 atom stereocenters. The minimum absolute atomic E-state index is 0.293. The third kappa shape index (κ3) is 6.66. The summed E-state index contributed by atoms with van der Waals surface area (Å²) in [6.07, 6.45) is 0.392. The number of halogens is 1. The molecule has 0 radical (unpaired) electrons. The van der Waals surface area contributed by atoms with Crippen molar-refractivity contribution in [3.8, 4) is 0 Å². The Labute approximate surface area is 187 Å². The first kappa shape index (κ1) is 24.6. The molecule has 0 saturated heterocycles. The number of sulfonamides is 1. The maximum absolute atomic E-state index is 12.4. The van der Waals surface area contributed by atoms with Crippen LogP contribution >= 0.6 is 23.4 Å². The average Bonchev–Trinajstić information content (AvgIpc) is 2.73. The molecule has 0 spiro atoms. The van der Waals surface area contributed by atoms with Crippen molar-refractivity contribution in [2.24, 2.45) is 0 Å². The molecule has 0 heterocycles. The molecule has 10 nitrogen and oxygen atoms in total. The number of nitro benzene ring substituents is 1. The molecule has 31 heavy (non-hydrogen) atoms. The number of ether oxygens (including phenoxy) is 1. The number of benzene rings is 2. The molecule has 0 bridgehead atoms. The number of nitrogens with zero attached hydrogens (tertiary/aromatic N) is 1. The van der Waals surface area contributed by atoms with Crippen LogP contribution in [0.1, 0.15) is 6.92 Å². The average molecular weight is 488 g/mol. The lowest BCUT2D eigenvalue weighted by Gasteiger charge is -2.14. The summed E-state index contributed by atoms with van der Waals surface area (Å²) < 4.78 is 31.7. The molecule has 13 heteroatoms. The van der Waals surface area contributed by atoms with Gasteiger partial charge < -0.3 is 10.1 Å². The maximum Gasteiger partial charge on any atom is 0.321 e. The number of rotatable bonds is 9. The predicted molar refractivity (Wildman–Crippen MR) is 116 cm³/mol. The zero-order chi connectivity index (χ0) is 23.2. The Bertz CT molecular complexity index is 1110. The van der Waals surface area contributed by atoms with Gasteiger partial charge in [0.1, 0.15) is 6.54 Å². The van der Waals surface area contributed by atoms with Gasteiger partial charge in [0.15, 0.2) is 6.10 Å². The Hall–Kier alpha value is -2.67. The van der Waals surface area contributed by atoms with Crippen molar-refractivity contribution in [3.63, 3.8) is 0 Å². The highest BCUT2D eigenvalue weighted by Crippen LogP contribution is 2.29. The van der Waals surface area contributed by atoms with Gasteiger partial charge in [0.25, 0.3) is 11.6 Å². The third-order valence-electron chi connectivity index (χ3n) is 3.87. The minimum atomic E-state index is -4.23. The second-order valence-electron chi connectivity index (χ2n) is 6.02. The predicted octanol–water partition coefficient (Wildman–Crippen LogP) is 2.82. The zero-order valence-electron chi connectivity index (χ0n) is 16.3. The molecule has 0 fully saturated rings. The first-order valence-corrected chi connectivity index (χ1v) is 11.7. The van der Waals surface area contributed by atoms with Crippen molar-refractivity contribution < 1.29 is 27.7 Å². The molecular weight excluding hydrogens is 470 g/mol. The summed E-state index contributed by atoms with van der Waals surface area (Å²) in [5.41, 5.74) is -0.0455. The molecule has 2 aromatic rings. The topological polar surface area (TPSA) is 145 Å². The fourth-order valence-electron chi connectivity index (χ4n) is 2.31. The van der Waals surface area contributed by atoms with E-state index in [-0.39, 0.29) is 10.6 Å².